The highest BCUT2D eigenvalue weighted by Gasteiger charge is 2.40. The summed E-state index contributed by atoms with van der Waals surface area (Å²) in [6.45, 7) is 1.01. The van der Waals surface area contributed by atoms with Crippen molar-refractivity contribution in [2.45, 2.75) is 44.2 Å². The zero-order valence-electron chi connectivity index (χ0n) is 16.3. The van der Waals surface area contributed by atoms with Crippen LogP contribution in [0.1, 0.15) is 17.5 Å². The molecule has 0 radical (unpaired) electrons. The summed E-state index contributed by atoms with van der Waals surface area (Å²) in [6, 6.07) is 17.6. The molecule has 152 valence electrons. The number of rotatable bonds is 10. The van der Waals surface area contributed by atoms with E-state index in [9.17, 15) is 5.11 Å². The molecule has 0 saturated carbocycles. The maximum atomic E-state index is 10.6. The molecule has 2 aromatic rings. The van der Waals surface area contributed by atoms with E-state index in [4.69, 9.17) is 23.7 Å². The van der Waals surface area contributed by atoms with Crippen LogP contribution in [0.25, 0.3) is 0 Å². The number of benzene rings is 2. The lowest BCUT2D eigenvalue weighted by Gasteiger charge is -2.24. The number of aliphatic hydroxyl groups excluding tert-OH is 1. The SMILES string of the molecule is COc1ccc(COC[C@@H](O)[C@H]2O[C@H](OC)C[C@H]2OCc2ccccc2)cc1. The van der Waals surface area contributed by atoms with E-state index in [0.717, 1.165) is 16.9 Å². The van der Waals surface area contributed by atoms with E-state index >= 15 is 0 Å². The van der Waals surface area contributed by atoms with E-state index in [1.807, 2.05) is 54.6 Å². The molecule has 6 heteroatoms. The van der Waals surface area contributed by atoms with E-state index in [1.54, 1.807) is 14.2 Å². The maximum absolute atomic E-state index is 10.6. The summed E-state index contributed by atoms with van der Waals surface area (Å²) < 4.78 is 28.0. The number of ether oxygens (including phenoxy) is 5. The molecule has 0 unspecified atom stereocenters. The van der Waals surface area contributed by atoms with Crippen LogP contribution in [-0.2, 0) is 32.2 Å². The second-order valence-electron chi connectivity index (χ2n) is 6.77. The number of hydrogen-bond acceptors (Lipinski definition) is 6. The average Bonchev–Trinajstić information content (AvgIpc) is 3.17. The molecule has 0 bridgehead atoms. The predicted octanol–water partition coefficient (Wildman–Crippen LogP) is 2.92. The van der Waals surface area contributed by atoms with Gasteiger partial charge in [0.25, 0.3) is 0 Å². The topological polar surface area (TPSA) is 66.4 Å². The van der Waals surface area contributed by atoms with Crippen molar-refractivity contribution in [1.29, 1.82) is 0 Å². The Bertz CT molecular complexity index is 690. The molecule has 3 rings (SSSR count). The van der Waals surface area contributed by atoms with Crippen LogP contribution in [0.4, 0.5) is 0 Å². The molecule has 2 aromatic carbocycles. The van der Waals surface area contributed by atoms with Gasteiger partial charge < -0.3 is 28.8 Å². The monoisotopic (exact) mass is 388 g/mol. The molecule has 28 heavy (non-hydrogen) atoms. The minimum atomic E-state index is -0.806. The van der Waals surface area contributed by atoms with Gasteiger partial charge in [0.15, 0.2) is 6.29 Å². The van der Waals surface area contributed by atoms with Crippen LogP contribution in [0.15, 0.2) is 54.6 Å². The zero-order valence-corrected chi connectivity index (χ0v) is 16.3. The largest absolute Gasteiger partial charge is 0.497 e. The highest BCUT2D eigenvalue weighted by molar-refractivity contribution is 5.26. The minimum Gasteiger partial charge on any atom is -0.497 e. The molecule has 1 aliphatic rings. The van der Waals surface area contributed by atoms with Gasteiger partial charge >= 0.3 is 0 Å². The molecule has 4 atom stereocenters. The molecule has 0 aromatic heterocycles. The van der Waals surface area contributed by atoms with Crippen molar-refractivity contribution in [3.63, 3.8) is 0 Å². The van der Waals surface area contributed by atoms with Gasteiger partial charge in [-0.15, -0.1) is 0 Å². The Kier molecular flexibility index (Phi) is 7.82. The fourth-order valence-corrected chi connectivity index (χ4v) is 3.19. The fourth-order valence-electron chi connectivity index (χ4n) is 3.19. The van der Waals surface area contributed by atoms with Gasteiger partial charge in [-0.25, -0.2) is 0 Å². The first kappa shape index (κ1) is 20.8. The number of aliphatic hydroxyl groups is 1. The fraction of sp³-hybridized carbons (Fsp3) is 0.455. The summed E-state index contributed by atoms with van der Waals surface area (Å²) in [4.78, 5) is 0. The lowest BCUT2D eigenvalue weighted by molar-refractivity contribution is -0.159. The van der Waals surface area contributed by atoms with Gasteiger partial charge in [-0.1, -0.05) is 42.5 Å². The van der Waals surface area contributed by atoms with E-state index in [1.165, 1.54) is 0 Å². The summed E-state index contributed by atoms with van der Waals surface area (Å²) in [5.41, 5.74) is 2.08. The standard InChI is InChI=1S/C22H28O6/c1-24-18-10-8-17(9-11-18)13-26-15-19(23)22-20(12-21(25-2)28-22)27-14-16-6-4-3-5-7-16/h3-11,19-23H,12-15H2,1-2H3/t19-,20-,21+,22-/m1/s1. The first-order valence-electron chi connectivity index (χ1n) is 9.42. The van der Waals surface area contributed by atoms with Crippen LogP contribution in [0.2, 0.25) is 0 Å². The van der Waals surface area contributed by atoms with Gasteiger partial charge in [-0.3, -0.25) is 0 Å². The molecule has 1 N–H and O–H groups in total. The van der Waals surface area contributed by atoms with E-state index in [0.29, 0.717) is 19.6 Å². The van der Waals surface area contributed by atoms with Gasteiger partial charge in [0.2, 0.25) is 0 Å². The van der Waals surface area contributed by atoms with Crippen molar-refractivity contribution in [2.75, 3.05) is 20.8 Å². The molecule has 1 heterocycles. The molecule has 1 aliphatic heterocycles. The molecular weight excluding hydrogens is 360 g/mol. The van der Waals surface area contributed by atoms with Crippen molar-refractivity contribution < 1.29 is 28.8 Å². The highest BCUT2D eigenvalue weighted by Crippen LogP contribution is 2.27. The van der Waals surface area contributed by atoms with Crippen molar-refractivity contribution >= 4 is 0 Å². The minimum absolute atomic E-state index is 0.151. The molecule has 1 saturated heterocycles. The van der Waals surface area contributed by atoms with Gasteiger partial charge in [-0.05, 0) is 23.3 Å². The summed E-state index contributed by atoms with van der Waals surface area (Å²) in [7, 11) is 3.22. The molecule has 0 spiro atoms. The summed E-state index contributed by atoms with van der Waals surface area (Å²) >= 11 is 0. The second kappa shape index (κ2) is 10.5. The van der Waals surface area contributed by atoms with Crippen molar-refractivity contribution in [2.24, 2.45) is 0 Å². The third-order valence-corrected chi connectivity index (χ3v) is 4.77. The van der Waals surface area contributed by atoms with Crippen LogP contribution in [0.5, 0.6) is 5.75 Å². The van der Waals surface area contributed by atoms with Crippen molar-refractivity contribution in [1.82, 2.24) is 0 Å². The lowest BCUT2D eigenvalue weighted by Crippen LogP contribution is -2.39. The second-order valence-corrected chi connectivity index (χ2v) is 6.77. The van der Waals surface area contributed by atoms with Crippen molar-refractivity contribution in [3.8, 4) is 5.75 Å². The Morgan fingerprint density at radius 2 is 1.71 bits per heavy atom. The maximum Gasteiger partial charge on any atom is 0.160 e. The van der Waals surface area contributed by atoms with Crippen LogP contribution in [0, 0.1) is 0 Å². The molecule has 6 nitrogen and oxygen atoms in total. The Morgan fingerprint density at radius 1 is 1.00 bits per heavy atom. The molecule has 0 amide bonds. The molecular formula is C22H28O6. The highest BCUT2D eigenvalue weighted by atomic mass is 16.7. The number of hydrogen-bond donors (Lipinski definition) is 1. The average molecular weight is 388 g/mol. The Morgan fingerprint density at radius 3 is 2.39 bits per heavy atom. The van der Waals surface area contributed by atoms with Crippen LogP contribution in [-0.4, -0.2) is 50.5 Å². The normalized spacial score (nSPS) is 22.9. The summed E-state index contributed by atoms with van der Waals surface area (Å²) in [6.07, 6.45) is -1.38. The summed E-state index contributed by atoms with van der Waals surface area (Å²) in [5, 5.41) is 10.6. The van der Waals surface area contributed by atoms with Crippen LogP contribution >= 0.6 is 0 Å². The Labute approximate surface area is 165 Å². The third kappa shape index (κ3) is 5.77. The van der Waals surface area contributed by atoms with Gasteiger partial charge in [0, 0.05) is 13.5 Å². The first-order chi connectivity index (χ1) is 13.7. The number of methoxy groups -OCH3 is 2. The Balaban J connectivity index is 1.49. The summed E-state index contributed by atoms with van der Waals surface area (Å²) in [5.74, 6) is 0.798. The predicted molar refractivity (Wildman–Crippen MR) is 104 cm³/mol. The smallest absolute Gasteiger partial charge is 0.160 e. The van der Waals surface area contributed by atoms with Gasteiger partial charge in [0.1, 0.15) is 18.0 Å². The van der Waals surface area contributed by atoms with Gasteiger partial charge in [-0.2, -0.15) is 0 Å². The zero-order chi connectivity index (χ0) is 19.8. The van der Waals surface area contributed by atoms with E-state index in [2.05, 4.69) is 0 Å². The van der Waals surface area contributed by atoms with Crippen molar-refractivity contribution in [3.05, 3.63) is 65.7 Å². The van der Waals surface area contributed by atoms with Gasteiger partial charge in [0.05, 0.1) is 33.0 Å². The lowest BCUT2D eigenvalue weighted by atomic mass is 10.1. The Hall–Kier alpha value is -1.96. The van der Waals surface area contributed by atoms with E-state index in [-0.39, 0.29) is 19.0 Å². The molecule has 0 aliphatic carbocycles. The first-order valence-corrected chi connectivity index (χ1v) is 9.42. The quantitative estimate of drug-likeness (QED) is 0.675. The van der Waals surface area contributed by atoms with Crippen LogP contribution in [0.3, 0.4) is 0 Å². The van der Waals surface area contributed by atoms with E-state index < -0.39 is 12.2 Å². The molecule has 1 fully saturated rings. The third-order valence-electron chi connectivity index (χ3n) is 4.77. The van der Waals surface area contributed by atoms with Crippen LogP contribution < -0.4 is 4.74 Å².